The SMILES string of the molecule is CC(Nc1ccc(C(N)=S)c(F)c1)C(N)=O. The summed E-state index contributed by atoms with van der Waals surface area (Å²) in [6.07, 6.45) is 0. The van der Waals surface area contributed by atoms with Gasteiger partial charge in [-0.25, -0.2) is 4.39 Å². The molecule has 0 aliphatic heterocycles. The Labute approximate surface area is 97.8 Å². The molecule has 1 aromatic rings. The lowest BCUT2D eigenvalue weighted by molar-refractivity contribution is -0.118. The van der Waals surface area contributed by atoms with Crippen LogP contribution < -0.4 is 16.8 Å². The van der Waals surface area contributed by atoms with E-state index in [1.54, 1.807) is 13.0 Å². The molecule has 0 aromatic heterocycles. The van der Waals surface area contributed by atoms with Gasteiger partial charge in [-0.05, 0) is 25.1 Å². The number of hydrogen-bond acceptors (Lipinski definition) is 3. The predicted molar refractivity (Wildman–Crippen MR) is 64.6 cm³/mol. The third kappa shape index (κ3) is 2.90. The minimum absolute atomic E-state index is 0.00741. The summed E-state index contributed by atoms with van der Waals surface area (Å²) in [6.45, 7) is 1.59. The third-order valence-corrected chi connectivity index (χ3v) is 2.26. The van der Waals surface area contributed by atoms with Gasteiger partial charge >= 0.3 is 0 Å². The van der Waals surface area contributed by atoms with E-state index in [4.69, 9.17) is 11.5 Å². The molecule has 0 fully saturated rings. The predicted octanol–water partition coefficient (Wildman–Crippen LogP) is 0.746. The standard InChI is InChI=1S/C10H12FN3OS/c1-5(9(12)15)14-6-2-3-7(10(13)16)8(11)4-6/h2-5,14H,1H3,(H2,12,15)(H2,13,16). The maximum atomic E-state index is 13.4. The van der Waals surface area contributed by atoms with E-state index >= 15 is 0 Å². The second-order valence-electron chi connectivity index (χ2n) is 3.33. The minimum Gasteiger partial charge on any atom is -0.389 e. The fourth-order valence-electron chi connectivity index (χ4n) is 1.13. The van der Waals surface area contributed by atoms with E-state index in [2.05, 4.69) is 17.5 Å². The zero-order valence-corrected chi connectivity index (χ0v) is 9.48. The van der Waals surface area contributed by atoms with Gasteiger partial charge in [0, 0.05) is 11.3 Å². The molecule has 0 heterocycles. The van der Waals surface area contributed by atoms with Crippen molar-refractivity contribution in [1.29, 1.82) is 0 Å². The number of nitrogens with one attached hydrogen (secondary N) is 1. The molecule has 0 spiro atoms. The van der Waals surface area contributed by atoms with Crippen LogP contribution in [0.3, 0.4) is 0 Å². The number of thiocarbonyl (C=S) groups is 1. The van der Waals surface area contributed by atoms with Gasteiger partial charge in [0.1, 0.15) is 16.8 Å². The molecule has 5 N–H and O–H groups in total. The number of rotatable bonds is 4. The van der Waals surface area contributed by atoms with Gasteiger partial charge in [-0.15, -0.1) is 0 Å². The molecule has 0 saturated heterocycles. The number of anilines is 1. The number of carbonyl (C=O) groups excluding carboxylic acids is 1. The summed E-state index contributed by atoms with van der Waals surface area (Å²) in [4.78, 5) is 10.8. The number of hydrogen-bond donors (Lipinski definition) is 3. The maximum absolute atomic E-state index is 13.4. The van der Waals surface area contributed by atoms with Crippen molar-refractivity contribution in [1.82, 2.24) is 0 Å². The molecule has 1 aromatic carbocycles. The summed E-state index contributed by atoms with van der Waals surface area (Å²) in [5, 5.41) is 2.75. The van der Waals surface area contributed by atoms with Gasteiger partial charge in [0.25, 0.3) is 0 Å². The maximum Gasteiger partial charge on any atom is 0.239 e. The van der Waals surface area contributed by atoms with Crippen molar-refractivity contribution in [2.24, 2.45) is 11.5 Å². The highest BCUT2D eigenvalue weighted by molar-refractivity contribution is 7.80. The molecule has 0 aliphatic rings. The van der Waals surface area contributed by atoms with E-state index in [1.165, 1.54) is 12.1 Å². The summed E-state index contributed by atoms with van der Waals surface area (Å²) in [6, 6.07) is 3.67. The quantitative estimate of drug-likeness (QED) is 0.679. The summed E-state index contributed by atoms with van der Waals surface area (Å²) in [5.41, 5.74) is 11.0. The number of nitrogens with two attached hydrogens (primary N) is 2. The second kappa shape index (κ2) is 4.89. The van der Waals surface area contributed by atoms with Crippen molar-refractivity contribution >= 4 is 28.8 Å². The Hall–Kier alpha value is -1.69. The summed E-state index contributed by atoms with van der Waals surface area (Å²) in [7, 11) is 0. The van der Waals surface area contributed by atoms with Crippen LogP contribution in [0.15, 0.2) is 18.2 Å². The zero-order valence-electron chi connectivity index (χ0n) is 8.66. The number of amides is 1. The monoisotopic (exact) mass is 241 g/mol. The van der Waals surface area contributed by atoms with Crippen molar-refractivity contribution < 1.29 is 9.18 Å². The highest BCUT2D eigenvalue weighted by Crippen LogP contribution is 2.15. The summed E-state index contributed by atoms with van der Waals surface area (Å²) >= 11 is 4.67. The van der Waals surface area contributed by atoms with Gasteiger partial charge in [0.05, 0.1) is 0 Å². The molecular formula is C10H12FN3OS. The molecule has 0 aliphatic carbocycles. The molecule has 0 radical (unpaired) electrons. The van der Waals surface area contributed by atoms with Crippen molar-refractivity contribution in [2.45, 2.75) is 13.0 Å². The van der Waals surface area contributed by atoms with Crippen LogP contribution in [-0.4, -0.2) is 16.9 Å². The average molecular weight is 241 g/mol. The average Bonchev–Trinajstić information content (AvgIpc) is 2.16. The Morgan fingerprint density at radius 1 is 1.50 bits per heavy atom. The molecule has 1 atom stereocenters. The van der Waals surface area contributed by atoms with Crippen LogP contribution in [0, 0.1) is 5.82 Å². The van der Waals surface area contributed by atoms with Gasteiger partial charge in [0.2, 0.25) is 5.91 Å². The first-order valence-electron chi connectivity index (χ1n) is 4.57. The van der Waals surface area contributed by atoms with Crippen LogP contribution >= 0.6 is 12.2 Å². The van der Waals surface area contributed by atoms with Crippen LogP contribution in [0.5, 0.6) is 0 Å². The number of carbonyl (C=O) groups is 1. The van der Waals surface area contributed by atoms with Gasteiger partial charge in [-0.3, -0.25) is 4.79 Å². The molecule has 6 heteroatoms. The molecule has 0 saturated carbocycles. The number of halogens is 1. The normalized spacial score (nSPS) is 11.9. The van der Waals surface area contributed by atoms with E-state index in [9.17, 15) is 9.18 Å². The van der Waals surface area contributed by atoms with E-state index in [1.807, 2.05) is 0 Å². The Balaban J connectivity index is 2.89. The smallest absolute Gasteiger partial charge is 0.239 e. The number of benzene rings is 1. The Kier molecular flexibility index (Phi) is 3.78. The van der Waals surface area contributed by atoms with Crippen LogP contribution in [0.25, 0.3) is 0 Å². The second-order valence-corrected chi connectivity index (χ2v) is 3.77. The van der Waals surface area contributed by atoms with Crippen molar-refractivity contribution in [2.75, 3.05) is 5.32 Å². The molecule has 16 heavy (non-hydrogen) atoms. The van der Waals surface area contributed by atoms with E-state index < -0.39 is 17.8 Å². The van der Waals surface area contributed by atoms with Gasteiger partial charge in [0.15, 0.2) is 0 Å². The fraction of sp³-hybridized carbons (Fsp3) is 0.200. The minimum atomic E-state index is -0.574. The topological polar surface area (TPSA) is 81.1 Å². The first kappa shape index (κ1) is 12.4. The van der Waals surface area contributed by atoms with Crippen LogP contribution in [-0.2, 0) is 4.79 Å². The van der Waals surface area contributed by atoms with Crippen molar-refractivity contribution in [3.63, 3.8) is 0 Å². The van der Waals surface area contributed by atoms with E-state index in [-0.39, 0.29) is 10.6 Å². The lowest BCUT2D eigenvalue weighted by atomic mass is 10.2. The van der Waals surface area contributed by atoms with Gasteiger partial charge in [-0.2, -0.15) is 0 Å². The Morgan fingerprint density at radius 3 is 2.56 bits per heavy atom. The van der Waals surface area contributed by atoms with Gasteiger partial charge < -0.3 is 16.8 Å². The molecular weight excluding hydrogens is 229 g/mol. The van der Waals surface area contributed by atoms with E-state index in [0.717, 1.165) is 0 Å². The van der Waals surface area contributed by atoms with E-state index in [0.29, 0.717) is 5.69 Å². The Morgan fingerprint density at radius 2 is 2.12 bits per heavy atom. The molecule has 4 nitrogen and oxygen atoms in total. The highest BCUT2D eigenvalue weighted by atomic mass is 32.1. The van der Waals surface area contributed by atoms with Crippen LogP contribution in [0.4, 0.5) is 10.1 Å². The third-order valence-electron chi connectivity index (χ3n) is 2.04. The fourth-order valence-corrected chi connectivity index (χ4v) is 1.29. The molecule has 0 bridgehead atoms. The molecule has 1 amide bonds. The lowest BCUT2D eigenvalue weighted by Crippen LogP contribution is -2.32. The van der Waals surface area contributed by atoms with Crippen molar-refractivity contribution in [3.8, 4) is 0 Å². The molecule has 1 unspecified atom stereocenters. The lowest BCUT2D eigenvalue weighted by Gasteiger charge is -2.12. The van der Waals surface area contributed by atoms with Crippen LogP contribution in [0.1, 0.15) is 12.5 Å². The molecule has 86 valence electrons. The zero-order chi connectivity index (χ0) is 12.3. The first-order chi connectivity index (χ1) is 7.41. The number of primary amides is 1. The molecule has 1 rings (SSSR count). The van der Waals surface area contributed by atoms with Crippen molar-refractivity contribution in [3.05, 3.63) is 29.6 Å². The summed E-state index contributed by atoms with van der Waals surface area (Å²) < 4.78 is 13.4. The first-order valence-corrected chi connectivity index (χ1v) is 4.98. The Bertz CT molecular complexity index is 436. The highest BCUT2D eigenvalue weighted by Gasteiger charge is 2.10. The van der Waals surface area contributed by atoms with Crippen LogP contribution in [0.2, 0.25) is 0 Å². The van der Waals surface area contributed by atoms with Gasteiger partial charge in [-0.1, -0.05) is 12.2 Å². The largest absolute Gasteiger partial charge is 0.389 e. The summed E-state index contributed by atoms with van der Waals surface area (Å²) in [5.74, 6) is -1.05.